The molecule has 1 aromatic heterocycles. The summed E-state index contributed by atoms with van der Waals surface area (Å²) in [5.41, 5.74) is 5.34. The number of carbonyl (C=O) groups excluding carboxylic acids is 1. The molecule has 112 valence electrons. The van der Waals surface area contributed by atoms with Crippen LogP contribution in [0.4, 0.5) is 0 Å². The molecule has 1 aliphatic heterocycles. The van der Waals surface area contributed by atoms with E-state index in [-0.39, 0.29) is 5.91 Å². The molecule has 0 saturated carbocycles. The van der Waals surface area contributed by atoms with Crippen molar-refractivity contribution in [2.24, 2.45) is 0 Å². The van der Waals surface area contributed by atoms with Crippen LogP contribution in [-0.2, 0) is 12.8 Å². The zero-order valence-corrected chi connectivity index (χ0v) is 13.4. The molecule has 0 unspecified atom stereocenters. The number of fused-ring (bicyclic) bond motifs is 3. The molecule has 1 aromatic carbocycles. The quantitative estimate of drug-likeness (QED) is 0.719. The molecule has 22 heavy (non-hydrogen) atoms. The number of likely N-dealkylation sites (tertiary alicyclic amines) is 1. The highest BCUT2D eigenvalue weighted by molar-refractivity contribution is 7.17. The number of hydrogen-bond acceptors (Lipinski definition) is 2. The van der Waals surface area contributed by atoms with Gasteiger partial charge in [0.2, 0.25) is 0 Å². The molecule has 2 nitrogen and oxygen atoms in total. The van der Waals surface area contributed by atoms with Gasteiger partial charge in [-0.15, -0.1) is 11.3 Å². The predicted octanol–water partition coefficient (Wildman–Crippen LogP) is 4.31. The van der Waals surface area contributed by atoms with Crippen molar-refractivity contribution < 1.29 is 4.79 Å². The Hall–Kier alpha value is -1.87. The molecule has 0 bridgehead atoms. The summed E-state index contributed by atoms with van der Waals surface area (Å²) < 4.78 is 0. The summed E-state index contributed by atoms with van der Waals surface area (Å²) in [5, 5.41) is 0. The van der Waals surface area contributed by atoms with Crippen LogP contribution in [0.5, 0.6) is 0 Å². The highest BCUT2D eigenvalue weighted by Gasteiger charge is 2.25. The average Bonchev–Trinajstić information content (AvgIpc) is 2.99. The van der Waals surface area contributed by atoms with E-state index in [2.05, 4.69) is 36.9 Å². The maximum atomic E-state index is 12.7. The lowest BCUT2D eigenvalue weighted by molar-refractivity contribution is 0.0748. The minimum Gasteiger partial charge on any atom is -0.337 e. The third kappa shape index (κ3) is 2.30. The lowest BCUT2D eigenvalue weighted by atomic mass is 9.91. The number of benzene rings is 1. The Labute approximate surface area is 135 Å². The molecular weight excluding hydrogens is 290 g/mol. The van der Waals surface area contributed by atoms with E-state index in [9.17, 15) is 4.79 Å². The number of piperidine rings is 1. The van der Waals surface area contributed by atoms with Crippen LogP contribution in [-0.4, -0.2) is 23.9 Å². The SMILES string of the molecule is C=C1CCN(C(=O)c2cc3c(s2)-c2ccccc2CC3)CC1. The van der Waals surface area contributed by atoms with E-state index >= 15 is 0 Å². The van der Waals surface area contributed by atoms with Gasteiger partial charge in [-0.2, -0.15) is 0 Å². The molecule has 1 fully saturated rings. The van der Waals surface area contributed by atoms with Crippen LogP contribution < -0.4 is 0 Å². The summed E-state index contributed by atoms with van der Waals surface area (Å²) in [6.07, 6.45) is 4.02. The lowest BCUT2D eigenvalue weighted by Crippen LogP contribution is -2.35. The van der Waals surface area contributed by atoms with Gasteiger partial charge in [0.1, 0.15) is 0 Å². The first-order valence-corrected chi connectivity index (χ1v) is 8.71. The van der Waals surface area contributed by atoms with Crippen LogP contribution in [0.1, 0.15) is 33.6 Å². The van der Waals surface area contributed by atoms with Gasteiger partial charge in [0.05, 0.1) is 4.88 Å². The Balaban J connectivity index is 1.64. The smallest absolute Gasteiger partial charge is 0.263 e. The number of hydrogen-bond donors (Lipinski definition) is 0. The molecule has 1 aliphatic carbocycles. The van der Waals surface area contributed by atoms with E-state index in [0.29, 0.717) is 0 Å². The monoisotopic (exact) mass is 309 g/mol. The molecule has 2 aliphatic rings. The molecule has 4 rings (SSSR count). The maximum Gasteiger partial charge on any atom is 0.263 e. The van der Waals surface area contributed by atoms with E-state index in [1.54, 1.807) is 11.3 Å². The van der Waals surface area contributed by atoms with Crippen LogP contribution in [0.2, 0.25) is 0 Å². The van der Waals surface area contributed by atoms with Crippen molar-refractivity contribution >= 4 is 17.2 Å². The molecule has 2 aromatic rings. The van der Waals surface area contributed by atoms with Crippen molar-refractivity contribution in [2.75, 3.05) is 13.1 Å². The number of thiophene rings is 1. The topological polar surface area (TPSA) is 20.3 Å². The van der Waals surface area contributed by atoms with Crippen LogP contribution in [0.3, 0.4) is 0 Å². The molecule has 0 spiro atoms. The molecule has 1 amide bonds. The number of aryl methyl sites for hydroxylation is 2. The van der Waals surface area contributed by atoms with Gasteiger partial charge in [-0.3, -0.25) is 4.79 Å². The van der Waals surface area contributed by atoms with Gasteiger partial charge in [-0.05, 0) is 48.4 Å². The van der Waals surface area contributed by atoms with Crippen molar-refractivity contribution in [1.82, 2.24) is 4.90 Å². The van der Waals surface area contributed by atoms with Gasteiger partial charge < -0.3 is 4.90 Å². The van der Waals surface area contributed by atoms with Crippen molar-refractivity contribution in [3.05, 3.63) is 58.5 Å². The normalized spacial score (nSPS) is 17.1. The lowest BCUT2D eigenvalue weighted by Gasteiger charge is -2.27. The Bertz CT molecular complexity index is 749. The Morgan fingerprint density at radius 2 is 1.77 bits per heavy atom. The van der Waals surface area contributed by atoms with Crippen molar-refractivity contribution in [3.63, 3.8) is 0 Å². The fraction of sp³-hybridized carbons (Fsp3) is 0.316. The average molecular weight is 309 g/mol. The van der Waals surface area contributed by atoms with Gasteiger partial charge in [-0.25, -0.2) is 0 Å². The second kappa shape index (κ2) is 5.40. The summed E-state index contributed by atoms with van der Waals surface area (Å²) in [6, 6.07) is 10.7. The molecule has 3 heteroatoms. The molecule has 0 radical (unpaired) electrons. The molecule has 2 heterocycles. The summed E-state index contributed by atoms with van der Waals surface area (Å²) in [5.74, 6) is 0.199. The van der Waals surface area contributed by atoms with E-state index in [1.807, 2.05) is 4.90 Å². The van der Waals surface area contributed by atoms with E-state index in [0.717, 1.165) is 43.6 Å². The second-order valence-corrected chi connectivity index (χ2v) is 7.22. The van der Waals surface area contributed by atoms with Crippen molar-refractivity contribution in [2.45, 2.75) is 25.7 Å². The summed E-state index contributed by atoms with van der Waals surface area (Å²) in [7, 11) is 0. The van der Waals surface area contributed by atoms with E-state index in [1.165, 1.54) is 27.1 Å². The van der Waals surface area contributed by atoms with Gasteiger partial charge in [0.15, 0.2) is 0 Å². The molecule has 1 saturated heterocycles. The minimum atomic E-state index is 0.199. The van der Waals surface area contributed by atoms with Crippen LogP contribution in [0.25, 0.3) is 10.4 Å². The first-order valence-electron chi connectivity index (χ1n) is 7.89. The fourth-order valence-corrected chi connectivity index (χ4v) is 4.60. The molecular formula is C19H19NOS. The number of amides is 1. The van der Waals surface area contributed by atoms with Crippen LogP contribution in [0.15, 0.2) is 42.5 Å². The first kappa shape index (κ1) is 13.8. The van der Waals surface area contributed by atoms with Gasteiger partial charge in [0.25, 0.3) is 5.91 Å². The van der Waals surface area contributed by atoms with Crippen molar-refractivity contribution in [1.29, 1.82) is 0 Å². The van der Waals surface area contributed by atoms with Crippen LogP contribution >= 0.6 is 11.3 Å². The first-order chi connectivity index (χ1) is 10.7. The third-order valence-corrected chi connectivity index (χ3v) is 5.90. The van der Waals surface area contributed by atoms with E-state index in [4.69, 9.17) is 0 Å². The molecule has 0 N–H and O–H groups in total. The summed E-state index contributed by atoms with van der Waals surface area (Å²) in [6.45, 7) is 5.66. The Morgan fingerprint density at radius 3 is 2.59 bits per heavy atom. The maximum absolute atomic E-state index is 12.7. The highest BCUT2D eigenvalue weighted by Crippen LogP contribution is 2.40. The summed E-state index contributed by atoms with van der Waals surface area (Å²) in [4.78, 5) is 16.9. The van der Waals surface area contributed by atoms with E-state index < -0.39 is 0 Å². The fourth-order valence-electron chi connectivity index (χ4n) is 3.36. The van der Waals surface area contributed by atoms with Crippen LogP contribution in [0, 0.1) is 0 Å². The van der Waals surface area contributed by atoms with Gasteiger partial charge >= 0.3 is 0 Å². The largest absolute Gasteiger partial charge is 0.337 e. The highest BCUT2D eigenvalue weighted by atomic mass is 32.1. The van der Waals surface area contributed by atoms with Gasteiger partial charge in [-0.1, -0.05) is 36.4 Å². The van der Waals surface area contributed by atoms with Crippen molar-refractivity contribution in [3.8, 4) is 10.4 Å². The zero-order valence-electron chi connectivity index (χ0n) is 12.6. The second-order valence-electron chi connectivity index (χ2n) is 6.16. The number of rotatable bonds is 1. The predicted molar refractivity (Wildman–Crippen MR) is 91.4 cm³/mol. The number of carbonyl (C=O) groups is 1. The minimum absolute atomic E-state index is 0.199. The standard InChI is InChI=1S/C19H19NOS/c1-13-8-10-20(11-9-13)19(21)17-12-15-7-6-14-4-2-3-5-16(14)18(15)22-17/h2-5,12H,1,6-11H2. The Kier molecular flexibility index (Phi) is 3.38. The van der Waals surface area contributed by atoms with Gasteiger partial charge in [0, 0.05) is 18.0 Å². The number of nitrogens with zero attached hydrogens (tertiary/aromatic N) is 1. The summed E-state index contributed by atoms with van der Waals surface area (Å²) >= 11 is 1.67. The third-order valence-electron chi connectivity index (χ3n) is 4.70. The molecule has 0 atom stereocenters. The Morgan fingerprint density at radius 1 is 1.05 bits per heavy atom. The zero-order chi connectivity index (χ0) is 15.1.